The van der Waals surface area contributed by atoms with Crippen LogP contribution in [0.3, 0.4) is 0 Å². The molecule has 2 aromatic carbocycles. The molecular formula is C17H18O. The van der Waals surface area contributed by atoms with Crippen LogP contribution in [-0.4, -0.2) is 5.11 Å². The quantitative estimate of drug-likeness (QED) is 0.783. The Balaban J connectivity index is 0.000000184. The summed E-state index contributed by atoms with van der Waals surface area (Å²) in [6, 6.07) is 17.3. The van der Waals surface area contributed by atoms with Gasteiger partial charge in [0.15, 0.2) is 0 Å². The Morgan fingerprint density at radius 2 is 1.50 bits per heavy atom. The average molecular weight is 238 g/mol. The van der Waals surface area contributed by atoms with Crippen molar-refractivity contribution >= 4 is 6.08 Å². The van der Waals surface area contributed by atoms with Crippen LogP contribution in [0.15, 0.2) is 73.8 Å². The maximum Gasteiger partial charge on any atom is 0.119 e. The topological polar surface area (TPSA) is 20.2 Å². The number of phenols is 1. The molecule has 0 aliphatic rings. The minimum Gasteiger partial charge on any atom is -0.508 e. The van der Waals surface area contributed by atoms with Crippen LogP contribution in [0.2, 0.25) is 0 Å². The first-order chi connectivity index (χ1) is 8.77. The first-order valence-corrected chi connectivity index (χ1v) is 5.83. The third-order valence-electron chi connectivity index (χ3n) is 2.39. The highest BCUT2D eigenvalue weighted by atomic mass is 16.3. The lowest BCUT2D eigenvalue weighted by Gasteiger charge is -1.97. The Labute approximate surface area is 109 Å². The predicted octanol–water partition coefficient (Wildman–Crippen LogP) is 4.45. The highest BCUT2D eigenvalue weighted by Crippen LogP contribution is 2.15. The van der Waals surface area contributed by atoms with Crippen molar-refractivity contribution in [2.75, 3.05) is 0 Å². The summed E-state index contributed by atoms with van der Waals surface area (Å²) in [4.78, 5) is 0. The molecule has 2 aromatic rings. The third kappa shape index (κ3) is 4.71. The molecule has 1 N–H and O–H groups in total. The summed E-state index contributed by atoms with van der Waals surface area (Å²) < 4.78 is 0. The number of allylic oxidation sites excluding steroid dienone is 1. The molecule has 0 saturated carbocycles. The van der Waals surface area contributed by atoms with Crippen molar-refractivity contribution in [3.8, 4) is 5.75 Å². The Morgan fingerprint density at radius 3 is 2.00 bits per heavy atom. The van der Waals surface area contributed by atoms with Crippen molar-refractivity contribution < 1.29 is 5.11 Å². The Morgan fingerprint density at radius 1 is 0.889 bits per heavy atom. The Bertz CT molecular complexity index is 486. The molecule has 0 spiro atoms. The average Bonchev–Trinajstić information content (AvgIpc) is 2.43. The summed E-state index contributed by atoms with van der Waals surface area (Å²) in [5, 5.41) is 9.19. The van der Waals surface area contributed by atoms with Crippen molar-refractivity contribution in [2.45, 2.75) is 6.42 Å². The largest absolute Gasteiger partial charge is 0.508 e. The summed E-state index contributed by atoms with van der Waals surface area (Å²) in [7, 11) is 0. The molecule has 0 saturated heterocycles. The molecule has 0 bridgehead atoms. The molecular weight excluding hydrogens is 220 g/mol. The second-order valence-corrected chi connectivity index (χ2v) is 3.74. The number of benzene rings is 2. The monoisotopic (exact) mass is 238 g/mol. The molecule has 1 nitrogen and oxygen atoms in total. The number of para-hydroxylation sites is 1. The van der Waals surface area contributed by atoms with Gasteiger partial charge in [0.05, 0.1) is 0 Å². The van der Waals surface area contributed by atoms with Crippen molar-refractivity contribution in [3.05, 3.63) is 85.0 Å². The molecule has 1 heteroatoms. The lowest BCUT2D eigenvalue weighted by Crippen LogP contribution is -1.79. The predicted molar refractivity (Wildman–Crippen MR) is 78.5 cm³/mol. The fourth-order valence-electron chi connectivity index (χ4n) is 1.43. The summed E-state index contributed by atoms with van der Waals surface area (Å²) in [6.45, 7) is 7.22. The molecule has 0 aliphatic heterocycles. The number of hydrogen-bond donors (Lipinski definition) is 1. The normalized spacial score (nSPS) is 8.89. The summed E-state index contributed by atoms with van der Waals surface area (Å²) in [6.07, 6.45) is 4.34. The van der Waals surface area contributed by atoms with E-state index >= 15 is 0 Å². The Hall–Kier alpha value is -2.28. The highest BCUT2D eigenvalue weighted by Gasteiger charge is 1.93. The van der Waals surface area contributed by atoms with Gasteiger partial charge in [-0.2, -0.15) is 0 Å². The van der Waals surface area contributed by atoms with E-state index in [1.807, 2.05) is 54.6 Å². The van der Waals surface area contributed by atoms with Crippen LogP contribution in [0.25, 0.3) is 6.08 Å². The van der Waals surface area contributed by atoms with Gasteiger partial charge in [0.25, 0.3) is 0 Å². The highest BCUT2D eigenvalue weighted by molar-refractivity contribution is 5.45. The Kier molecular flexibility index (Phi) is 6.05. The van der Waals surface area contributed by atoms with E-state index in [1.165, 1.54) is 5.56 Å². The molecule has 0 unspecified atom stereocenters. The van der Waals surface area contributed by atoms with Crippen LogP contribution in [0, 0.1) is 0 Å². The first-order valence-electron chi connectivity index (χ1n) is 5.83. The minimum absolute atomic E-state index is 0.349. The van der Waals surface area contributed by atoms with Gasteiger partial charge in [-0.15, -0.1) is 6.58 Å². The van der Waals surface area contributed by atoms with E-state index in [0.717, 1.165) is 12.0 Å². The molecule has 0 aliphatic carbocycles. The number of rotatable bonds is 3. The zero-order valence-corrected chi connectivity index (χ0v) is 10.4. The van der Waals surface area contributed by atoms with Crippen LogP contribution in [-0.2, 0) is 6.42 Å². The van der Waals surface area contributed by atoms with E-state index in [4.69, 9.17) is 0 Å². The molecule has 0 amide bonds. The number of phenolic OH excluding ortho intramolecular Hbond substituents is 1. The van der Waals surface area contributed by atoms with Gasteiger partial charge in [0.1, 0.15) is 5.75 Å². The van der Waals surface area contributed by atoms with Crippen LogP contribution in [0.4, 0.5) is 0 Å². The van der Waals surface area contributed by atoms with Gasteiger partial charge in [-0.05, 0) is 23.6 Å². The van der Waals surface area contributed by atoms with Gasteiger partial charge in [0, 0.05) is 0 Å². The number of hydrogen-bond acceptors (Lipinski definition) is 1. The molecule has 92 valence electrons. The lowest BCUT2D eigenvalue weighted by atomic mass is 10.1. The molecule has 0 radical (unpaired) electrons. The standard InChI is InChI=1S/C9H10O.C8H8/c1-2-5-8-6-3-4-7-9(8)10;1-2-8-6-4-3-5-7-8/h2-4,6-7,10H,1,5H2;2-7H,1H2. The lowest BCUT2D eigenvalue weighted by molar-refractivity contribution is 0.470. The van der Waals surface area contributed by atoms with Gasteiger partial charge in [-0.3, -0.25) is 0 Å². The minimum atomic E-state index is 0.349. The van der Waals surface area contributed by atoms with E-state index in [-0.39, 0.29) is 0 Å². The van der Waals surface area contributed by atoms with Crippen LogP contribution < -0.4 is 0 Å². The maximum absolute atomic E-state index is 9.19. The zero-order valence-electron chi connectivity index (χ0n) is 10.4. The van der Waals surface area contributed by atoms with E-state index in [9.17, 15) is 5.11 Å². The molecule has 0 heterocycles. The summed E-state index contributed by atoms with van der Waals surface area (Å²) in [5.74, 6) is 0.349. The second kappa shape index (κ2) is 7.91. The van der Waals surface area contributed by atoms with E-state index in [2.05, 4.69) is 13.2 Å². The van der Waals surface area contributed by atoms with Gasteiger partial charge in [-0.1, -0.05) is 67.3 Å². The second-order valence-electron chi connectivity index (χ2n) is 3.74. The summed E-state index contributed by atoms with van der Waals surface area (Å²) in [5.41, 5.74) is 2.10. The SMILES string of the molecule is C=CCc1ccccc1O.C=Cc1ccccc1. The molecule has 18 heavy (non-hydrogen) atoms. The van der Waals surface area contributed by atoms with E-state index in [0.29, 0.717) is 5.75 Å². The van der Waals surface area contributed by atoms with Gasteiger partial charge in [-0.25, -0.2) is 0 Å². The molecule has 2 rings (SSSR count). The molecule has 0 aromatic heterocycles. The van der Waals surface area contributed by atoms with Crippen molar-refractivity contribution in [1.29, 1.82) is 0 Å². The fourth-order valence-corrected chi connectivity index (χ4v) is 1.43. The maximum atomic E-state index is 9.19. The van der Waals surface area contributed by atoms with Crippen molar-refractivity contribution in [1.82, 2.24) is 0 Å². The van der Waals surface area contributed by atoms with Gasteiger partial charge < -0.3 is 5.11 Å². The van der Waals surface area contributed by atoms with Crippen LogP contribution >= 0.6 is 0 Å². The zero-order chi connectivity index (χ0) is 13.2. The number of aromatic hydroxyl groups is 1. The van der Waals surface area contributed by atoms with Crippen molar-refractivity contribution in [3.63, 3.8) is 0 Å². The van der Waals surface area contributed by atoms with E-state index in [1.54, 1.807) is 12.1 Å². The van der Waals surface area contributed by atoms with Crippen molar-refractivity contribution in [2.24, 2.45) is 0 Å². The summed E-state index contributed by atoms with van der Waals surface area (Å²) >= 11 is 0. The smallest absolute Gasteiger partial charge is 0.119 e. The van der Waals surface area contributed by atoms with Gasteiger partial charge >= 0.3 is 0 Å². The first kappa shape index (κ1) is 13.8. The van der Waals surface area contributed by atoms with Gasteiger partial charge in [0.2, 0.25) is 0 Å². The molecule has 0 fully saturated rings. The van der Waals surface area contributed by atoms with E-state index < -0.39 is 0 Å². The third-order valence-corrected chi connectivity index (χ3v) is 2.39. The fraction of sp³-hybridized carbons (Fsp3) is 0.0588. The molecule has 0 atom stereocenters. The van der Waals surface area contributed by atoms with Crippen LogP contribution in [0.1, 0.15) is 11.1 Å². The van der Waals surface area contributed by atoms with Crippen LogP contribution in [0.5, 0.6) is 5.75 Å².